The number of pyridine rings is 1. The van der Waals surface area contributed by atoms with Crippen molar-refractivity contribution in [1.29, 1.82) is 0 Å². The van der Waals surface area contributed by atoms with Gasteiger partial charge in [0.2, 0.25) is 5.91 Å². The molecule has 1 atom stereocenters. The van der Waals surface area contributed by atoms with Gasteiger partial charge in [-0.05, 0) is 43.2 Å². The molecule has 1 fully saturated rings. The fourth-order valence-corrected chi connectivity index (χ4v) is 2.81. The fourth-order valence-electron chi connectivity index (χ4n) is 2.81. The van der Waals surface area contributed by atoms with Gasteiger partial charge in [0.1, 0.15) is 0 Å². The number of carbonyl (C=O) groups excluding carboxylic acids is 2. The van der Waals surface area contributed by atoms with Gasteiger partial charge in [0.25, 0.3) is 0 Å². The van der Waals surface area contributed by atoms with Crippen LogP contribution in [0.3, 0.4) is 0 Å². The van der Waals surface area contributed by atoms with Crippen molar-refractivity contribution < 1.29 is 9.59 Å². The molecule has 0 saturated carbocycles. The summed E-state index contributed by atoms with van der Waals surface area (Å²) >= 11 is 0. The van der Waals surface area contributed by atoms with Crippen LogP contribution in [-0.2, 0) is 4.79 Å². The number of anilines is 2. The molecule has 1 aromatic heterocycles. The number of urea groups is 1. The summed E-state index contributed by atoms with van der Waals surface area (Å²) in [6.45, 7) is 2.59. The smallest absolute Gasteiger partial charge is 0.319 e. The van der Waals surface area contributed by atoms with Crippen LogP contribution in [0.25, 0.3) is 0 Å². The topological polar surface area (TPSA) is 74.3 Å². The largest absolute Gasteiger partial charge is 0.331 e. The van der Waals surface area contributed by atoms with E-state index in [2.05, 4.69) is 15.6 Å². The highest BCUT2D eigenvalue weighted by molar-refractivity contribution is 6.01. The van der Waals surface area contributed by atoms with E-state index >= 15 is 0 Å². The summed E-state index contributed by atoms with van der Waals surface area (Å²) in [7, 11) is 0. The van der Waals surface area contributed by atoms with Crippen molar-refractivity contribution in [2.24, 2.45) is 0 Å². The second-order valence-electron chi connectivity index (χ2n) is 5.77. The van der Waals surface area contributed by atoms with Crippen molar-refractivity contribution in [2.45, 2.75) is 25.8 Å². The number of nitrogens with one attached hydrogen (secondary N) is 2. The third kappa shape index (κ3) is 3.53. The van der Waals surface area contributed by atoms with E-state index in [1.807, 2.05) is 37.3 Å². The Kier molecular flexibility index (Phi) is 4.74. The number of hydrogen-bond donors (Lipinski definition) is 2. The third-order valence-electron chi connectivity index (χ3n) is 4.07. The molecule has 3 rings (SSSR count). The molecule has 0 aliphatic carbocycles. The lowest BCUT2D eigenvalue weighted by Crippen LogP contribution is -2.32. The zero-order valence-electron chi connectivity index (χ0n) is 13.5. The van der Waals surface area contributed by atoms with E-state index in [4.69, 9.17) is 0 Å². The maximum atomic E-state index is 12.3. The standard InChI is InChI=1S/C18H20N4O2/c1-13(14-8-10-19-11-9-14)20-18(24)21-15-5-2-3-6-16(15)22-12-4-7-17(22)23/h2-3,5-6,8-11,13H,4,7,12H2,1H3,(H2,20,21,24). The average Bonchev–Trinajstić information content (AvgIpc) is 3.02. The Labute approximate surface area is 140 Å². The second-order valence-corrected chi connectivity index (χ2v) is 5.77. The minimum Gasteiger partial charge on any atom is -0.331 e. The first-order valence-electron chi connectivity index (χ1n) is 8.02. The van der Waals surface area contributed by atoms with Crippen LogP contribution in [0.4, 0.5) is 16.2 Å². The van der Waals surface area contributed by atoms with Crippen molar-refractivity contribution in [3.8, 4) is 0 Å². The van der Waals surface area contributed by atoms with Gasteiger partial charge in [-0.25, -0.2) is 4.79 Å². The molecule has 2 heterocycles. The molecule has 2 aromatic rings. The molecule has 24 heavy (non-hydrogen) atoms. The summed E-state index contributed by atoms with van der Waals surface area (Å²) < 4.78 is 0. The van der Waals surface area contributed by atoms with E-state index in [1.165, 1.54) is 0 Å². The quantitative estimate of drug-likeness (QED) is 0.907. The maximum absolute atomic E-state index is 12.3. The zero-order valence-corrected chi connectivity index (χ0v) is 13.5. The van der Waals surface area contributed by atoms with Crippen molar-refractivity contribution in [3.05, 3.63) is 54.4 Å². The third-order valence-corrected chi connectivity index (χ3v) is 4.07. The molecule has 2 N–H and O–H groups in total. The van der Waals surface area contributed by atoms with Gasteiger partial charge >= 0.3 is 6.03 Å². The first-order valence-corrected chi connectivity index (χ1v) is 8.02. The highest BCUT2D eigenvalue weighted by atomic mass is 16.2. The van der Waals surface area contributed by atoms with Gasteiger partial charge in [-0.1, -0.05) is 12.1 Å². The number of aromatic nitrogens is 1. The van der Waals surface area contributed by atoms with Gasteiger partial charge in [-0.2, -0.15) is 0 Å². The summed E-state index contributed by atoms with van der Waals surface area (Å²) in [4.78, 5) is 30.0. The van der Waals surface area contributed by atoms with Gasteiger partial charge in [0.15, 0.2) is 0 Å². The van der Waals surface area contributed by atoms with Gasteiger partial charge < -0.3 is 15.5 Å². The highest BCUT2D eigenvalue weighted by Gasteiger charge is 2.24. The number of nitrogens with zero attached hydrogens (tertiary/aromatic N) is 2. The predicted octanol–water partition coefficient (Wildman–Crippen LogP) is 3.09. The number of rotatable bonds is 4. The van der Waals surface area contributed by atoms with Gasteiger partial charge in [-0.15, -0.1) is 0 Å². The van der Waals surface area contributed by atoms with E-state index in [0.29, 0.717) is 18.7 Å². The molecule has 1 aromatic carbocycles. The van der Waals surface area contributed by atoms with Gasteiger partial charge in [0.05, 0.1) is 17.4 Å². The molecule has 6 nitrogen and oxygen atoms in total. The summed E-state index contributed by atoms with van der Waals surface area (Å²) in [5, 5.41) is 5.74. The van der Waals surface area contributed by atoms with Gasteiger partial charge in [-0.3, -0.25) is 9.78 Å². The van der Waals surface area contributed by atoms with Crippen LogP contribution in [-0.4, -0.2) is 23.5 Å². The zero-order chi connectivity index (χ0) is 16.9. The SMILES string of the molecule is CC(NC(=O)Nc1ccccc1N1CCCC1=O)c1ccncc1. The van der Waals surface area contributed by atoms with Crippen molar-refractivity contribution in [1.82, 2.24) is 10.3 Å². The van der Waals surface area contributed by atoms with Crippen LogP contribution < -0.4 is 15.5 Å². The van der Waals surface area contributed by atoms with Crippen molar-refractivity contribution >= 4 is 23.3 Å². The summed E-state index contributed by atoms with van der Waals surface area (Å²) in [5.41, 5.74) is 2.35. The van der Waals surface area contributed by atoms with Crippen LogP contribution in [0.2, 0.25) is 0 Å². The maximum Gasteiger partial charge on any atom is 0.319 e. The lowest BCUT2D eigenvalue weighted by atomic mass is 10.1. The molecule has 6 heteroatoms. The Hall–Kier alpha value is -2.89. The molecular weight excluding hydrogens is 304 g/mol. The van der Waals surface area contributed by atoms with Crippen LogP contribution in [0, 0.1) is 0 Å². The Morgan fingerprint density at radius 3 is 2.67 bits per heavy atom. The summed E-state index contributed by atoms with van der Waals surface area (Å²) in [6, 6.07) is 10.6. The number of carbonyl (C=O) groups is 2. The van der Waals surface area contributed by atoms with Crippen LogP contribution in [0.5, 0.6) is 0 Å². The average molecular weight is 324 g/mol. The predicted molar refractivity (Wildman–Crippen MR) is 92.8 cm³/mol. The van der Waals surface area contributed by atoms with Crippen LogP contribution in [0.1, 0.15) is 31.4 Å². The Morgan fingerprint density at radius 2 is 1.96 bits per heavy atom. The van der Waals surface area contributed by atoms with Gasteiger partial charge in [0, 0.05) is 25.4 Å². The van der Waals surface area contributed by atoms with E-state index in [-0.39, 0.29) is 18.0 Å². The molecule has 1 aliphatic heterocycles. The molecule has 0 radical (unpaired) electrons. The summed E-state index contributed by atoms with van der Waals surface area (Å²) in [6.07, 6.45) is 4.79. The van der Waals surface area contributed by atoms with Crippen LogP contribution in [0.15, 0.2) is 48.8 Å². The number of hydrogen-bond acceptors (Lipinski definition) is 3. The normalized spacial score (nSPS) is 15.2. The highest BCUT2D eigenvalue weighted by Crippen LogP contribution is 2.29. The Bertz CT molecular complexity index is 733. The Balaban J connectivity index is 1.70. The minimum atomic E-state index is -0.307. The molecule has 1 saturated heterocycles. The fraction of sp³-hybridized carbons (Fsp3) is 0.278. The lowest BCUT2D eigenvalue weighted by Gasteiger charge is -2.21. The number of amides is 3. The van der Waals surface area contributed by atoms with E-state index in [9.17, 15) is 9.59 Å². The molecule has 0 bridgehead atoms. The van der Waals surface area contributed by atoms with E-state index < -0.39 is 0 Å². The molecule has 1 aliphatic rings. The van der Waals surface area contributed by atoms with E-state index in [0.717, 1.165) is 17.7 Å². The molecule has 0 spiro atoms. The second kappa shape index (κ2) is 7.12. The Morgan fingerprint density at radius 1 is 1.21 bits per heavy atom. The van der Waals surface area contributed by atoms with Crippen molar-refractivity contribution in [3.63, 3.8) is 0 Å². The lowest BCUT2D eigenvalue weighted by molar-refractivity contribution is -0.117. The monoisotopic (exact) mass is 324 g/mol. The molecule has 124 valence electrons. The minimum absolute atomic E-state index is 0.0924. The number of benzene rings is 1. The summed E-state index contributed by atoms with van der Waals surface area (Å²) in [5.74, 6) is 0.0924. The molecule has 1 unspecified atom stereocenters. The molecule has 3 amide bonds. The van der Waals surface area contributed by atoms with Crippen molar-refractivity contribution in [2.75, 3.05) is 16.8 Å². The van der Waals surface area contributed by atoms with E-state index in [1.54, 1.807) is 23.4 Å². The van der Waals surface area contributed by atoms with Crippen LogP contribution >= 0.6 is 0 Å². The first kappa shape index (κ1) is 16.0. The molecular formula is C18H20N4O2. The first-order chi connectivity index (χ1) is 11.6. The number of para-hydroxylation sites is 2.